The molecule has 0 bridgehead atoms. The first-order valence-electron chi connectivity index (χ1n) is 9.42. The van der Waals surface area contributed by atoms with Crippen molar-refractivity contribution in [2.75, 3.05) is 26.2 Å². The van der Waals surface area contributed by atoms with E-state index in [2.05, 4.69) is 11.4 Å². The third kappa shape index (κ3) is 4.34. The molecule has 1 aliphatic carbocycles. The summed E-state index contributed by atoms with van der Waals surface area (Å²) in [7, 11) is -3.56. The number of benzene rings is 1. The number of nitrogens with one attached hydrogen (secondary N) is 1. The smallest absolute Gasteiger partial charge is 0.243 e. The number of hydrogen-bond acceptors (Lipinski definition) is 5. The maximum Gasteiger partial charge on any atom is 0.243 e. The van der Waals surface area contributed by atoms with Gasteiger partial charge in [0.2, 0.25) is 21.8 Å². The molecule has 0 spiro atoms. The highest BCUT2D eigenvalue weighted by Crippen LogP contribution is 2.31. The lowest BCUT2D eigenvalue weighted by atomic mass is 9.78. The predicted octanol–water partition coefficient (Wildman–Crippen LogP) is 0.862. The van der Waals surface area contributed by atoms with E-state index in [-0.39, 0.29) is 42.6 Å². The van der Waals surface area contributed by atoms with Gasteiger partial charge in [0.15, 0.2) is 0 Å². The number of nitriles is 1. The quantitative estimate of drug-likeness (QED) is 0.756. The van der Waals surface area contributed by atoms with Crippen LogP contribution < -0.4 is 5.32 Å². The van der Waals surface area contributed by atoms with Crippen molar-refractivity contribution in [3.05, 3.63) is 30.3 Å². The molecule has 1 N–H and O–H groups in total. The summed E-state index contributed by atoms with van der Waals surface area (Å²) in [6, 6.07) is 10.4. The zero-order valence-electron chi connectivity index (χ0n) is 15.6. The highest BCUT2D eigenvalue weighted by atomic mass is 32.2. The van der Waals surface area contributed by atoms with Gasteiger partial charge < -0.3 is 10.2 Å². The number of piperazine rings is 1. The van der Waals surface area contributed by atoms with E-state index in [0.717, 1.165) is 6.42 Å². The molecule has 8 nitrogen and oxygen atoms in total. The molecule has 1 aromatic carbocycles. The van der Waals surface area contributed by atoms with Gasteiger partial charge in [0.05, 0.1) is 11.0 Å². The van der Waals surface area contributed by atoms with Gasteiger partial charge in [-0.3, -0.25) is 9.59 Å². The Morgan fingerprint density at radius 3 is 2.25 bits per heavy atom. The van der Waals surface area contributed by atoms with Gasteiger partial charge in [-0.15, -0.1) is 0 Å². The van der Waals surface area contributed by atoms with Crippen LogP contribution in [0.5, 0.6) is 0 Å². The topological polar surface area (TPSA) is 111 Å². The van der Waals surface area contributed by atoms with E-state index >= 15 is 0 Å². The molecule has 0 radical (unpaired) electrons. The Labute approximate surface area is 165 Å². The minimum Gasteiger partial charge on any atom is -0.340 e. The molecular formula is C19H24N4O4S. The fourth-order valence-corrected chi connectivity index (χ4v) is 4.87. The standard InChI is InChI=1S/C19H24N4O4S/c20-15-19(9-4-10-19)21-17(24)7-8-18(25)22-11-13-23(14-12-22)28(26,27)16-5-2-1-3-6-16/h1-3,5-6H,4,7-14H2,(H,21,24). The molecule has 1 saturated carbocycles. The summed E-state index contributed by atoms with van der Waals surface area (Å²) < 4.78 is 26.6. The molecule has 1 saturated heterocycles. The molecule has 0 unspecified atom stereocenters. The van der Waals surface area contributed by atoms with Crippen molar-refractivity contribution < 1.29 is 18.0 Å². The summed E-state index contributed by atoms with van der Waals surface area (Å²) in [6.07, 6.45) is 2.31. The molecule has 150 valence electrons. The molecule has 2 amide bonds. The number of carbonyl (C=O) groups excluding carboxylic acids is 2. The molecule has 9 heteroatoms. The average molecular weight is 404 g/mol. The summed E-state index contributed by atoms with van der Waals surface area (Å²) in [5.74, 6) is -0.466. The van der Waals surface area contributed by atoms with Gasteiger partial charge in [0.25, 0.3) is 0 Å². The molecule has 0 aromatic heterocycles. The van der Waals surface area contributed by atoms with Crippen LogP contribution in [0.4, 0.5) is 0 Å². The van der Waals surface area contributed by atoms with Crippen LogP contribution >= 0.6 is 0 Å². The summed E-state index contributed by atoms with van der Waals surface area (Å²) >= 11 is 0. The van der Waals surface area contributed by atoms with Crippen LogP contribution in [0.25, 0.3) is 0 Å². The van der Waals surface area contributed by atoms with E-state index in [1.165, 1.54) is 4.31 Å². The molecule has 1 aliphatic heterocycles. The molecule has 1 aromatic rings. The second kappa shape index (κ2) is 8.29. The normalized spacial score (nSPS) is 19.3. The van der Waals surface area contributed by atoms with Gasteiger partial charge >= 0.3 is 0 Å². The molecular weight excluding hydrogens is 380 g/mol. The highest BCUT2D eigenvalue weighted by molar-refractivity contribution is 7.89. The Morgan fingerprint density at radius 2 is 1.71 bits per heavy atom. The van der Waals surface area contributed by atoms with Gasteiger partial charge in [-0.05, 0) is 31.4 Å². The summed E-state index contributed by atoms with van der Waals surface area (Å²) in [5.41, 5.74) is -0.752. The van der Waals surface area contributed by atoms with Gasteiger partial charge in [0.1, 0.15) is 5.54 Å². The zero-order chi connectivity index (χ0) is 20.2. The van der Waals surface area contributed by atoms with Crippen molar-refractivity contribution >= 4 is 21.8 Å². The first-order valence-corrected chi connectivity index (χ1v) is 10.9. The first kappa shape index (κ1) is 20.3. The molecule has 3 rings (SSSR count). The molecule has 2 aliphatic rings. The lowest BCUT2D eigenvalue weighted by Gasteiger charge is -2.36. The SMILES string of the molecule is N#CC1(NC(=O)CCC(=O)N2CCN(S(=O)(=O)c3ccccc3)CC2)CCC1. The molecule has 28 heavy (non-hydrogen) atoms. The monoisotopic (exact) mass is 404 g/mol. The van der Waals surface area contributed by atoms with Gasteiger partial charge in [-0.25, -0.2) is 8.42 Å². The summed E-state index contributed by atoms with van der Waals surface area (Å²) in [4.78, 5) is 26.2. The van der Waals surface area contributed by atoms with Crippen LogP contribution in [0.15, 0.2) is 35.2 Å². The third-order valence-electron chi connectivity index (χ3n) is 5.34. The second-order valence-corrected chi connectivity index (χ2v) is 9.13. The Kier molecular flexibility index (Phi) is 6.01. The minimum absolute atomic E-state index is 0.0325. The fraction of sp³-hybridized carbons (Fsp3) is 0.526. The van der Waals surface area contributed by atoms with E-state index in [1.807, 2.05) is 0 Å². The van der Waals surface area contributed by atoms with E-state index in [0.29, 0.717) is 25.9 Å². The molecule has 1 heterocycles. The van der Waals surface area contributed by atoms with Crippen molar-refractivity contribution in [1.82, 2.24) is 14.5 Å². The van der Waals surface area contributed by atoms with Gasteiger partial charge in [0, 0.05) is 39.0 Å². The second-order valence-electron chi connectivity index (χ2n) is 7.19. The van der Waals surface area contributed by atoms with E-state index in [9.17, 15) is 18.0 Å². The van der Waals surface area contributed by atoms with Crippen LogP contribution in [0, 0.1) is 11.3 Å². The van der Waals surface area contributed by atoms with E-state index < -0.39 is 15.6 Å². The van der Waals surface area contributed by atoms with Crippen molar-refractivity contribution in [1.29, 1.82) is 5.26 Å². The van der Waals surface area contributed by atoms with Crippen molar-refractivity contribution in [2.24, 2.45) is 0 Å². The van der Waals surface area contributed by atoms with Crippen LogP contribution in [0.1, 0.15) is 32.1 Å². The number of nitrogens with zero attached hydrogens (tertiary/aromatic N) is 3. The number of hydrogen-bond donors (Lipinski definition) is 1. The third-order valence-corrected chi connectivity index (χ3v) is 7.25. The van der Waals surface area contributed by atoms with Crippen molar-refractivity contribution in [3.63, 3.8) is 0 Å². The van der Waals surface area contributed by atoms with Gasteiger partial charge in [-0.2, -0.15) is 9.57 Å². The van der Waals surface area contributed by atoms with Gasteiger partial charge in [-0.1, -0.05) is 18.2 Å². The lowest BCUT2D eigenvalue weighted by molar-refractivity contribution is -0.135. The molecule has 2 fully saturated rings. The van der Waals surface area contributed by atoms with Crippen LogP contribution in [0.2, 0.25) is 0 Å². The highest BCUT2D eigenvalue weighted by Gasteiger charge is 2.38. The van der Waals surface area contributed by atoms with Crippen molar-refractivity contribution in [2.45, 2.75) is 42.5 Å². The van der Waals surface area contributed by atoms with Crippen LogP contribution in [-0.4, -0.2) is 61.2 Å². The Hall–Kier alpha value is -2.44. The average Bonchev–Trinajstić information content (AvgIpc) is 2.69. The van der Waals surface area contributed by atoms with Crippen molar-refractivity contribution in [3.8, 4) is 6.07 Å². The number of sulfonamides is 1. The zero-order valence-corrected chi connectivity index (χ0v) is 16.5. The number of amides is 2. The Bertz CT molecular complexity index is 867. The van der Waals surface area contributed by atoms with Crippen LogP contribution in [0.3, 0.4) is 0 Å². The number of rotatable bonds is 6. The lowest BCUT2D eigenvalue weighted by Crippen LogP contribution is -2.53. The van der Waals surface area contributed by atoms with E-state index in [1.54, 1.807) is 35.2 Å². The summed E-state index contributed by atoms with van der Waals surface area (Å²) in [6.45, 7) is 1.06. The molecule has 0 atom stereocenters. The Morgan fingerprint density at radius 1 is 1.07 bits per heavy atom. The van der Waals surface area contributed by atoms with E-state index in [4.69, 9.17) is 5.26 Å². The Balaban J connectivity index is 1.46. The van der Waals surface area contributed by atoms with Crippen LogP contribution in [-0.2, 0) is 19.6 Å². The maximum atomic E-state index is 12.6. The summed E-state index contributed by atoms with van der Waals surface area (Å²) in [5, 5.41) is 11.9. The number of carbonyl (C=O) groups is 2. The minimum atomic E-state index is -3.56. The fourth-order valence-electron chi connectivity index (χ4n) is 3.42. The predicted molar refractivity (Wildman–Crippen MR) is 101 cm³/mol. The maximum absolute atomic E-state index is 12.6. The largest absolute Gasteiger partial charge is 0.340 e. The first-order chi connectivity index (χ1) is 13.4.